The Hall–Kier alpha value is -2.08. The molecule has 1 amide bonds. The van der Waals surface area contributed by atoms with Gasteiger partial charge in [-0.25, -0.2) is 0 Å². The summed E-state index contributed by atoms with van der Waals surface area (Å²) in [7, 11) is 1.98. The van der Waals surface area contributed by atoms with Gasteiger partial charge >= 0.3 is 0 Å². The van der Waals surface area contributed by atoms with Crippen molar-refractivity contribution in [1.29, 1.82) is 0 Å². The van der Waals surface area contributed by atoms with E-state index in [1.54, 1.807) is 6.33 Å². The number of benzene rings is 1. The van der Waals surface area contributed by atoms with Gasteiger partial charge in [0.25, 0.3) is 5.91 Å². The van der Waals surface area contributed by atoms with Crippen LogP contribution >= 0.6 is 12.4 Å². The van der Waals surface area contributed by atoms with Gasteiger partial charge in [-0.05, 0) is 56.9 Å². The number of amides is 1. The Balaban J connectivity index is 0.00000261. The van der Waals surface area contributed by atoms with Crippen LogP contribution in [0.2, 0.25) is 0 Å². The second-order valence-electron chi connectivity index (χ2n) is 7.02. The number of hydrogen-bond acceptors (Lipinski definition) is 4. The standard InChI is InChI=1S/C20H29N5O.ClH/c1-4-24(5-2)18-8-6-17(7-9-18)20(26)25-12-10-16(11-13-25)14-19-22-21-15-23(19)3;/h6-9,15-16H,4-5,10-14H2,1-3H3;1H. The molecule has 0 N–H and O–H groups in total. The van der Waals surface area contributed by atoms with E-state index in [1.807, 2.05) is 28.6 Å². The Morgan fingerprint density at radius 1 is 1.15 bits per heavy atom. The van der Waals surface area contributed by atoms with Crippen LogP contribution in [0.1, 0.15) is 42.9 Å². The minimum absolute atomic E-state index is 0. The monoisotopic (exact) mass is 391 g/mol. The number of halogens is 1. The summed E-state index contributed by atoms with van der Waals surface area (Å²) in [6.45, 7) is 7.88. The maximum atomic E-state index is 12.8. The van der Waals surface area contributed by atoms with Crippen LogP contribution in [0.25, 0.3) is 0 Å². The minimum Gasteiger partial charge on any atom is -0.372 e. The largest absolute Gasteiger partial charge is 0.372 e. The fourth-order valence-corrected chi connectivity index (χ4v) is 3.68. The van der Waals surface area contributed by atoms with Gasteiger partial charge in [-0.3, -0.25) is 4.79 Å². The Morgan fingerprint density at radius 3 is 2.30 bits per heavy atom. The van der Waals surface area contributed by atoms with Gasteiger partial charge in [-0.1, -0.05) is 0 Å². The molecule has 1 aromatic heterocycles. The lowest BCUT2D eigenvalue weighted by molar-refractivity contribution is 0.0689. The highest BCUT2D eigenvalue weighted by atomic mass is 35.5. The molecule has 0 radical (unpaired) electrons. The highest BCUT2D eigenvalue weighted by Gasteiger charge is 2.24. The van der Waals surface area contributed by atoms with Crippen molar-refractivity contribution in [3.63, 3.8) is 0 Å². The van der Waals surface area contributed by atoms with E-state index in [-0.39, 0.29) is 18.3 Å². The first-order chi connectivity index (χ1) is 12.6. The molecule has 148 valence electrons. The van der Waals surface area contributed by atoms with Gasteiger partial charge in [0.15, 0.2) is 0 Å². The molecule has 6 nitrogen and oxygen atoms in total. The zero-order chi connectivity index (χ0) is 18.5. The zero-order valence-electron chi connectivity index (χ0n) is 16.5. The van der Waals surface area contributed by atoms with Crippen molar-refractivity contribution in [3.05, 3.63) is 42.0 Å². The molecular formula is C20H30ClN5O. The number of hydrogen-bond donors (Lipinski definition) is 0. The summed E-state index contributed by atoms with van der Waals surface area (Å²) in [6, 6.07) is 8.03. The first kappa shape index (κ1) is 21.2. The van der Waals surface area contributed by atoms with Crippen molar-refractivity contribution < 1.29 is 4.79 Å². The lowest BCUT2D eigenvalue weighted by atomic mass is 9.93. The van der Waals surface area contributed by atoms with Gasteiger partial charge < -0.3 is 14.4 Å². The second-order valence-corrected chi connectivity index (χ2v) is 7.02. The van der Waals surface area contributed by atoms with E-state index in [0.717, 1.165) is 56.8 Å². The van der Waals surface area contributed by atoms with Gasteiger partial charge in [0.2, 0.25) is 0 Å². The maximum Gasteiger partial charge on any atom is 0.253 e. The van der Waals surface area contributed by atoms with E-state index in [4.69, 9.17) is 0 Å². The summed E-state index contributed by atoms with van der Waals surface area (Å²) in [5.74, 6) is 1.75. The van der Waals surface area contributed by atoms with Crippen molar-refractivity contribution in [2.24, 2.45) is 13.0 Å². The smallest absolute Gasteiger partial charge is 0.253 e. The van der Waals surface area contributed by atoms with Crippen LogP contribution in [-0.2, 0) is 13.5 Å². The van der Waals surface area contributed by atoms with Crippen molar-refractivity contribution in [3.8, 4) is 0 Å². The van der Waals surface area contributed by atoms with E-state index < -0.39 is 0 Å². The number of aryl methyl sites for hydroxylation is 1. The molecule has 0 saturated carbocycles. The molecule has 2 aromatic rings. The van der Waals surface area contributed by atoms with Crippen LogP contribution in [0, 0.1) is 5.92 Å². The van der Waals surface area contributed by atoms with Gasteiger partial charge in [-0.15, -0.1) is 22.6 Å². The summed E-state index contributed by atoms with van der Waals surface area (Å²) < 4.78 is 1.98. The summed E-state index contributed by atoms with van der Waals surface area (Å²) in [6.07, 6.45) is 4.74. The lowest BCUT2D eigenvalue weighted by Crippen LogP contribution is -2.39. The van der Waals surface area contributed by atoms with Crippen LogP contribution in [0.5, 0.6) is 0 Å². The molecule has 1 aromatic carbocycles. The number of anilines is 1. The Morgan fingerprint density at radius 2 is 1.78 bits per heavy atom. The molecule has 0 unspecified atom stereocenters. The molecule has 0 atom stereocenters. The third-order valence-electron chi connectivity index (χ3n) is 5.42. The molecule has 3 rings (SSSR count). The second kappa shape index (κ2) is 9.74. The Bertz CT molecular complexity index is 718. The maximum absolute atomic E-state index is 12.8. The van der Waals surface area contributed by atoms with Gasteiger partial charge in [0.05, 0.1) is 0 Å². The van der Waals surface area contributed by atoms with Crippen molar-refractivity contribution in [2.45, 2.75) is 33.1 Å². The molecule has 0 spiro atoms. The highest BCUT2D eigenvalue weighted by molar-refractivity contribution is 5.94. The molecule has 0 aliphatic carbocycles. The fraction of sp³-hybridized carbons (Fsp3) is 0.550. The number of likely N-dealkylation sites (tertiary alicyclic amines) is 1. The van der Waals surface area contributed by atoms with Gasteiger partial charge in [-0.2, -0.15) is 0 Å². The third-order valence-corrected chi connectivity index (χ3v) is 5.42. The van der Waals surface area contributed by atoms with Crippen molar-refractivity contribution >= 4 is 24.0 Å². The molecule has 1 fully saturated rings. The topological polar surface area (TPSA) is 54.3 Å². The van der Waals surface area contributed by atoms with E-state index in [2.05, 4.69) is 41.1 Å². The molecule has 1 aliphatic heterocycles. The summed E-state index contributed by atoms with van der Waals surface area (Å²) >= 11 is 0. The van der Waals surface area contributed by atoms with Crippen molar-refractivity contribution in [1.82, 2.24) is 19.7 Å². The Kier molecular flexibility index (Phi) is 7.66. The SMILES string of the molecule is CCN(CC)c1ccc(C(=O)N2CCC(Cc3nncn3C)CC2)cc1.Cl. The molecule has 0 bridgehead atoms. The number of rotatable bonds is 6. The molecule has 2 heterocycles. The molecule has 7 heteroatoms. The van der Waals surface area contributed by atoms with E-state index >= 15 is 0 Å². The summed E-state index contributed by atoms with van der Waals surface area (Å²) in [5.41, 5.74) is 1.96. The van der Waals surface area contributed by atoms with E-state index in [0.29, 0.717) is 5.92 Å². The normalized spacial score (nSPS) is 14.7. The molecule has 1 saturated heterocycles. The molecule has 27 heavy (non-hydrogen) atoms. The quantitative estimate of drug-likeness (QED) is 0.758. The van der Waals surface area contributed by atoms with Crippen molar-refractivity contribution in [2.75, 3.05) is 31.1 Å². The number of piperidine rings is 1. The van der Waals surface area contributed by atoms with Crippen LogP contribution in [-0.4, -0.2) is 51.8 Å². The number of carbonyl (C=O) groups excluding carboxylic acids is 1. The fourth-order valence-electron chi connectivity index (χ4n) is 3.68. The number of carbonyl (C=O) groups is 1. The first-order valence-electron chi connectivity index (χ1n) is 9.59. The zero-order valence-corrected chi connectivity index (χ0v) is 17.3. The molecule has 1 aliphatic rings. The van der Waals surface area contributed by atoms with E-state index in [9.17, 15) is 4.79 Å². The predicted octanol–water partition coefficient (Wildman–Crippen LogP) is 3.18. The van der Waals surface area contributed by atoms with Crippen LogP contribution < -0.4 is 4.90 Å². The summed E-state index contributed by atoms with van der Waals surface area (Å²) in [4.78, 5) is 17.1. The van der Waals surface area contributed by atoms with Crippen LogP contribution in [0.15, 0.2) is 30.6 Å². The lowest BCUT2D eigenvalue weighted by Gasteiger charge is -2.32. The van der Waals surface area contributed by atoms with Gasteiger partial charge in [0.1, 0.15) is 12.2 Å². The average Bonchev–Trinajstić information content (AvgIpc) is 3.08. The predicted molar refractivity (Wildman–Crippen MR) is 111 cm³/mol. The van der Waals surface area contributed by atoms with Gasteiger partial charge in [0, 0.05) is 50.9 Å². The third kappa shape index (κ3) is 5.01. The van der Waals surface area contributed by atoms with Crippen LogP contribution in [0.4, 0.5) is 5.69 Å². The average molecular weight is 392 g/mol. The van der Waals surface area contributed by atoms with E-state index in [1.165, 1.54) is 5.69 Å². The highest BCUT2D eigenvalue weighted by Crippen LogP contribution is 2.23. The Labute approximate surface area is 168 Å². The first-order valence-corrected chi connectivity index (χ1v) is 9.59. The summed E-state index contributed by atoms with van der Waals surface area (Å²) in [5, 5.41) is 8.12. The molecular weight excluding hydrogens is 362 g/mol. The number of nitrogens with zero attached hydrogens (tertiary/aromatic N) is 5. The number of aromatic nitrogens is 3. The van der Waals surface area contributed by atoms with Crippen LogP contribution in [0.3, 0.4) is 0 Å². The minimum atomic E-state index is 0.